The Kier molecular flexibility index (Phi) is 5.41. The summed E-state index contributed by atoms with van der Waals surface area (Å²) in [5, 5.41) is 3.14. The zero-order valence-corrected chi connectivity index (χ0v) is 14.9. The summed E-state index contributed by atoms with van der Waals surface area (Å²) < 4.78 is 0. The zero-order chi connectivity index (χ0) is 16.9. The van der Waals surface area contributed by atoms with Crippen LogP contribution in [0.1, 0.15) is 43.0 Å². The van der Waals surface area contributed by atoms with E-state index >= 15 is 0 Å². The van der Waals surface area contributed by atoms with E-state index in [0.29, 0.717) is 0 Å². The minimum absolute atomic E-state index is 0.00732. The average Bonchev–Trinajstić information content (AvgIpc) is 3.12. The highest BCUT2D eigenvalue weighted by Gasteiger charge is 2.30. The summed E-state index contributed by atoms with van der Waals surface area (Å²) in [6, 6.07) is 12.5. The number of hydrogen-bond donors (Lipinski definition) is 1. The lowest BCUT2D eigenvalue weighted by atomic mass is 10.1. The molecule has 1 aromatic heterocycles. The van der Waals surface area contributed by atoms with Gasteiger partial charge in [0.15, 0.2) is 0 Å². The predicted molar refractivity (Wildman–Crippen MR) is 98.1 cm³/mol. The first-order valence-electron chi connectivity index (χ1n) is 8.30. The van der Waals surface area contributed by atoms with Gasteiger partial charge >= 0.3 is 6.03 Å². The van der Waals surface area contributed by atoms with Gasteiger partial charge in [0.1, 0.15) is 0 Å². The monoisotopic (exact) mass is 341 g/mol. The van der Waals surface area contributed by atoms with Crippen LogP contribution < -0.4 is 5.32 Å². The first-order chi connectivity index (χ1) is 11.7. The molecule has 0 aliphatic carbocycles. The molecule has 1 N–H and O–H groups in total. The number of nitrogens with zero attached hydrogens (tertiary/aromatic N) is 2. The van der Waals surface area contributed by atoms with Crippen molar-refractivity contribution in [2.24, 2.45) is 0 Å². The van der Waals surface area contributed by atoms with Crippen LogP contribution in [-0.2, 0) is 0 Å². The lowest BCUT2D eigenvalue weighted by Gasteiger charge is -2.27. The average molecular weight is 341 g/mol. The van der Waals surface area contributed by atoms with Gasteiger partial charge in [0.2, 0.25) is 0 Å². The maximum absolute atomic E-state index is 12.7. The van der Waals surface area contributed by atoms with Gasteiger partial charge in [-0.15, -0.1) is 11.8 Å². The maximum Gasteiger partial charge on any atom is 0.318 e. The van der Waals surface area contributed by atoms with Crippen molar-refractivity contribution in [1.82, 2.24) is 15.2 Å². The van der Waals surface area contributed by atoms with Crippen LogP contribution in [0.4, 0.5) is 4.79 Å². The molecule has 2 heterocycles. The topological polar surface area (TPSA) is 45.2 Å². The number of aromatic nitrogens is 1. The largest absolute Gasteiger partial charge is 0.331 e. The van der Waals surface area contributed by atoms with Crippen LogP contribution >= 0.6 is 11.8 Å². The standard InChI is InChI=1S/C19H23N3OS/c1-14(15-5-7-17(24-2)8-6-15)21-19(23)22-13-3-4-18(22)16-9-11-20-12-10-16/h5-12,14,18H,3-4,13H2,1-2H3,(H,21,23)/t14-,18+/m1/s1. The van der Waals surface area contributed by atoms with Crippen LogP contribution in [0.25, 0.3) is 0 Å². The Bertz CT molecular complexity index is 675. The van der Waals surface area contributed by atoms with Crippen LogP contribution in [0.15, 0.2) is 53.7 Å². The van der Waals surface area contributed by atoms with E-state index in [1.54, 1.807) is 24.2 Å². The normalized spacial score (nSPS) is 18.4. The van der Waals surface area contributed by atoms with Crippen molar-refractivity contribution < 1.29 is 4.79 Å². The third-order valence-corrected chi connectivity index (χ3v) is 5.30. The zero-order valence-electron chi connectivity index (χ0n) is 14.1. The van der Waals surface area contributed by atoms with Crippen LogP contribution in [-0.4, -0.2) is 28.7 Å². The number of thioether (sulfide) groups is 1. The van der Waals surface area contributed by atoms with Gasteiger partial charge < -0.3 is 10.2 Å². The number of carbonyl (C=O) groups excluding carboxylic acids is 1. The van der Waals surface area contributed by atoms with Gasteiger partial charge in [-0.05, 0) is 61.4 Å². The van der Waals surface area contributed by atoms with Crippen molar-refractivity contribution in [3.05, 3.63) is 59.9 Å². The van der Waals surface area contributed by atoms with E-state index in [1.165, 1.54) is 4.90 Å². The Morgan fingerprint density at radius 3 is 2.62 bits per heavy atom. The molecule has 126 valence electrons. The molecule has 0 unspecified atom stereocenters. The Labute approximate surface area is 147 Å². The number of hydrogen-bond acceptors (Lipinski definition) is 3. The van der Waals surface area contributed by atoms with E-state index in [-0.39, 0.29) is 18.1 Å². The summed E-state index contributed by atoms with van der Waals surface area (Å²) in [4.78, 5) is 20.0. The summed E-state index contributed by atoms with van der Waals surface area (Å²) in [6.07, 6.45) is 7.69. The Morgan fingerprint density at radius 1 is 1.25 bits per heavy atom. The molecule has 24 heavy (non-hydrogen) atoms. The van der Waals surface area contributed by atoms with E-state index in [4.69, 9.17) is 0 Å². The number of amides is 2. The fourth-order valence-electron chi connectivity index (χ4n) is 3.19. The maximum atomic E-state index is 12.7. The number of urea groups is 1. The molecular formula is C19H23N3OS. The van der Waals surface area contributed by atoms with Crippen molar-refractivity contribution in [2.75, 3.05) is 12.8 Å². The first-order valence-corrected chi connectivity index (χ1v) is 9.52. The van der Waals surface area contributed by atoms with Gasteiger partial charge in [-0.3, -0.25) is 4.98 Å². The van der Waals surface area contributed by atoms with Crippen LogP contribution in [0.2, 0.25) is 0 Å². The molecule has 0 saturated carbocycles. The Balaban J connectivity index is 1.67. The van der Waals surface area contributed by atoms with E-state index < -0.39 is 0 Å². The molecule has 2 atom stereocenters. The molecule has 4 nitrogen and oxygen atoms in total. The quantitative estimate of drug-likeness (QED) is 0.838. The second-order valence-electron chi connectivity index (χ2n) is 6.08. The Hall–Kier alpha value is -2.01. The second-order valence-corrected chi connectivity index (χ2v) is 6.96. The Morgan fingerprint density at radius 2 is 1.96 bits per heavy atom. The molecule has 1 aliphatic heterocycles. The number of likely N-dealkylation sites (tertiary alicyclic amines) is 1. The van der Waals surface area contributed by atoms with Crippen LogP contribution in [0, 0.1) is 0 Å². The van der Waals surface area contributed by atoms with Gasteiger partial charge in [-0.1, -0.05) is 12.1 Å². The van der Waals surface area contributed by atoms with Crippen LogP contribution in [0.3, 0.4) is 0 Å². The highest BCUT2D eigenvalue weighted by Crippen LogP contribution is 2.31. The summed E-state index contributed by atoms with van der Waals surface area (Å²) in [6.45, 7) is 2.83. The molecule has 2 aromatic rings. The number of rotatable bonds is 4. The highest BCUT2D eigenvalue weighted by atomic mass is 32.2. The third kappa shape index (κ3) is 3.73. The molecule has 0 spiro atoms. The van der Waals surface area contributed by atoms with E-state index in [1.807, 2.05) is 24.0 Å². The molecule has 1 aromatic carbocycles. The summed E-state index contributed by atoms with van der Waals surface area (Å²) >= 11 is 1.72. The van der Waals surface area contributed by atoms with E-state index in [0.717, 1.165) is 30.5 Å². The molecule has 0 radical (unpaired) electrons. The number of benzene rings is 1. The number of pyridine rings is 1. The van der Waals surface area contributed by atoms with Crippen molar-refractivity contribution >= 4 is 17.8 Å². The van der Waals surface area contributed by atoms with Gasteiger partial charge in [-0.2, -0.15) is 0 Å². The van der Waals surface area contributed by atoms with E-state index in [2.05, 4.69) is 40.8 Å². The van der Waals surface area contributed by atoms with Gasteiger partial charge in [0.05, 0.1) is 12.1 Å². The molecule has 1 aliphatic rings. The predicted octanol–water partition coefficient (Wildman–Crippen LogP) is 4.41. The number of carbonyl (C=O) groups is 1. The lowest BCUT2D eigenvalue weighted by Crippen LogP contribution is -2.40. The van der Waals surface area contributed by atoms with Gasteiger partial charge in [0.25, 0.3) is 0 Å². The molecule has 5 heteroatoms. The fourth-order valence-corrected chi connectivity index (χ4v) is 3.59. The minimum atomic E-state index is -0.00732. The molecule has 1 saturated heterocycles. The lowest BCUT2D eigenvalue weighted by molar-refractivity contribution is 0.189. The summed E-state index contributed by atoms with van der Waals surface area (Å²) in [5.74, 6) is 0. The molecule has 1 fully saturated rings. The van der Waals surface area contributed by atoms with E-state index in [9.17, 15) is 4.79 Å². The second kappa shape index (κ2) is 7.71. The molecular weight excluding hydrogens is 318 g/mol. The smallest absolute Gasteiger partial charge is 0.318 e. The fraction of sp³-hybridized carbons (Fsp3) is 0.368. The van der Waals surface area contributed by atoms with Crippen molar-refractivity contribution in [3.8, 4) is 0 Å². The summed E-state index contributed by atoms with van der Waals surface area (Å²) in [7, 11) is 0. The SMILES string of the molecule is CSc1ccc([C@@H](C)NC(=O)N2CCC[C@H]2c2ccncc2)cc1. The van der Waals surface area contributed by atoms with Crippen molar-refractivity contribution in [1.29, 1.82) is 0 Å². The van der Waals surface area contributed by atoms with Crippen LogP contribution in [0.5, 0.6) is 0 Å². The van der Waals surface area contributed by atoms with Crippen molar-refractivity contribution in [2.45, 2.75) is 36.7 Å². The van der Waals surface area contributed by atoms with Gasteiger partial charge in [-0.25, -0.2) is 4.79 Å². The molecule has 2 amide bonds. The summed E-state index contributed by atoms with van der Waals surface area (Å²) in [5.41, 5.74) is 2.29. The molecule has 0 bridgehead atoms. The third-order valence-electron chi connectivity index (χ3n) is 4.56. The molecule has 3 rings (SSSR count). The number of nitrogens with one attached hydrogen (secondary N) is 1. The first kappa shape index (κ1) is 16.8. The highest BCUT2D eigenvalue weighted by molar-refractivity contribution is 7.98. The van der Waals surface area contributed by atoms with Gasteiger partial charge in [0, 0.05) is 23.8 Å². The van der Waals surface area contributed by atoms with Crippen molar-refractivity contribution in [3.63, 3.8) is 0 Å². The minimum Gasteiger partial charge on any atom is -0.331 e.